The van der Waals surface area contributed by atoms with Crippen LogP contribution in [0.4, 0.5) is 8.78 Å². The fraction of sp³-hybridized carbons (Fsp3) is 0.409. The highest BCUT2D eigenvalue weighted by Crippen LogP contribution is 2.49. The van der Waals surface area contributed by atoms with E-state index < -0.39 is 22.7 Å². The van der Waals surface area contributed by atoms with Crippen molar-refractivity contribution in [2.24, 2.45) is 5.14 Å². The van der Waals surface area contributed by atoms with Gasteiger partial charge in [-0.3, -0.25) is 4.79 Å². The summed E-state index contributed by atoms with van der Waals surface area (Å²) >= 11 is 0. The summed E-state index contributed by atoms with van der Waals surface area (Å²) in [5.41, 5.74) is 2.19. The Morgan fingerprint density at radius 2 is 1.97 bits per heavy atom. The van der Waals surface area contributed by atoms with Gasteiger partial charge in [0.05, 0.1) is 18.4 Å². The Morgan fingerprint density at radius 3 is 2.66 bits per heavy atom. The normalized spacial score (nSPS) is 15.0. The number of carbonyl (C=O) groups is 1. The lowest BCUT2D eigenvalue weighted by Gasteiger charge is -2.30. The molecule has 7 nitrogen and oxygen atoms in total. The third-order valence-corrected chi connectivity index (χ3v) is 5.88. The molecule has 3 rings (SSSR count). The highest BCUT2D eigenvalue weighted by molar-refractivity contribution is 7.88. The Hall–Kier alpha value is -2.72. The van der Waals surface area contributed by atoms with Crippen LogP contribution in [0.1, 0.15) is 49.3 Å². The van der Waals surface area contributed by atoms with Crippen LogP contribution in [-0.2, 0) is 25.3 Å². The van der Waals surface area contributed by atoms with E-state index in [1.807, 2.05) is 0 Å². The first-order valence-corrected chi connectivity index (χ1v) is 11.8. The average Bonchev–Trinajstić information content (AvgIpc) is 2.71. The number of rotatable bonds is 10. The van der Waals surface area contributed by atoms with Crippen LogP contribution in [0, 0.1) is 0 Å². The summed E-state index contributed by atoms with van der Waals surface area (Å²) in [4.78, 5) is 11.3. The van der Waals surface area contributed by atoms with E-state index in [-0.39, 0.29) is 17.5 Å². The highest BCUT2D eigenvalue weighted by atomic mass is 32.2. The number of esters is 1. The van der Waals surface area contributed by atoms with E-state index in [4.69, 9.17) is 9.88 Å². The fourth-order valence-electron chi connectivity index (χ4n) is 3.81. The molecule has 2 N–H and O–H groups in total. The van der Waals surface area contributed by atoms with Crippen molar-refractivity contribution in [1.82, 2.24) is 0 Å². The predicted molar refractivity (Wildman–Crippen MR) is 114 cm³/mol. The van der Waals surface area contributed by atoms with Gasteiger partial charge in [-0.2, -0.15) is 8.78 Å². The van der Waals surface area contributed by atoms with E-state index in [9.17, 15) is 22.0 Å². The molecule has 1 heterocycles. The molecule has 1 aliphatic rings. The van der Waals surface area contributed by atoms with Crippen molar-refractivity contribution in [1.29, 1.82) is 0 Å². The molecule has 2 aromatic rings. The summed E-state index contributed by atoms with van der Waals surface area (Å²) in [5.74, 6) is -0.227. The molecular weight excluding hydrogens is 444 g/mol. The van der Waals surface area contributed by atoms with Gasteiger partial charge in [0, 0.05) is 12.0 Å². The number of nitrogens with two attached hydrogens (primary N) is 1. The lowest BCUT2D eigenvalue weighted by molar-refractivity contribution is -0.140. The van der Waals surface area contributed by atoms with Gasteiger partial charge in [-0.1, -0.05) is 30.7 Å². The van der Waals surface area contributed by atoms with E-state index in [0.29, 0.717) is 47.3 Å². The molecule has 1 unspecified atom stereocenters. The number of sulfonamides is 1. The Morgan fingerprint density at radius 1 is 1.19 bits per heavy atom. The molecule has 0 fully saturated rings. The van der Waals surface area contributed by atoms with E-state index in [1.54, 1.807) is 30.3 Å². The van der Waals surface area contributed by atoms with Crippen LogP contribution in [0.15, 0.2) is 36.4 Å². The molecule has 0 amide bonds. The number of primary sulfonamides is 1. The molecule has 0 aromatic heterocycles. The van der Waals surface area contributed by atoms with E-state index in [0.717, 1.165) is 12.8 Å². The molecule has 1 atom stereocenters. The Labute approximate surface area is 185 Å². The number of hydrogen-bond acceptors (Lipinski definition) is 6. The van der Waals surface area contributed by atoms with Crippen LogP contribution < -0.4 is 14.6 Å². The van der Waals surface area contributed by atoms with Crippen LogP contribution in [-0.4, -0.2) is 28.1 Å². The molecule has 0 aliphatic carbocycles. The summed E-state index contributed by atoms with van der Waals surface area (Å²) in [6.07, 6.45) is 2.67. The third-order valence-electron chi connectivity index (χ3n) is 5.15. The number of ether oxygens (including phenoxy) is 3. The second-order valence-corrected chi connectivity index (χ2v) is 9.13. The van der Waals surface area contributed by atoms with Gasteiger partial charge < -0.3 is 14.2 Å². The smallest absolute Gasteiger partial charge is 0.387 e. The number of fused-ring (bicyclic) bond motifs is 3. The number of halogens is 2. The average molecular weight is 470 g/mol. The van der Waals surface area contributed by atoms with Gasteiger partial charge in [0.25, 0.3) is 0 Å². The quantitative estimate of drug-likeness (QED) is 0.411. The lowest BCUT2D eigenvalue weighted by atomic mass is 9.89. The first-order valence-electron chi connectivity index (χ1n) is 10.1. The van der Waals surface area contributed by atoms with Crippen LogP contribution in [0.5, 0.6) is 11.5 Å². The number of carbonyl (C=O) groups excluding carboxylic acids is 1. The molecular formula is C22H25F2NO6S. The summed E-state index contributed by atoms with van der Waals surface area (Å²) in [6, 6.07) is 9.65. The number of methoxy groups -OCH3 is 1. The minimum Gasteiger partial charge on any atom is -0.485 e. The molecule has 0 bridgehead atoms. The molecule has 0 radical (unpaired) electrons. The Bertz CT molecular complexity index is 1070. The van der Waals surface area contributed by atoms with E-state index >= 15 is 0 Å². The van der Waals surface area contributed by atoms with Gasteiger partial charge in [-0.05, 0) is 42.5 Å². The highest BCUT2D eigenvalue weighted by Gasteiger charge is 2.29. The summed E-state index contributed by atoms with van der Waals surface area (Å²) < 4.78 is 64.4. The van der Waals surface area contributed by atoms with Crippen molar-refractivity contribution in [3.63, 3.8) is 0 Å². The maximum Gasteiger partial charge on any atom is 0.387 e. The van der Waals surface area contributed by atoms with Crippen molar-refractivity contribution >= 4 is 16.0 Å². The first-order chi connectivity index (χ1) is 15.2. The van der Waals surface area contributed by atoms with Crippen LogP contribution in [0.2, 0.25) is 0 Å². The van der Waals surface area contributed by atoms with E-state index in [1.165, 1.54) is 13.2 Å². The maximum atomic E-state index is 12.9. The fourth-order valence-corrected chi connectivity index (χ4v) is 4.45. The van der Waals surface area contributed by atoms with Crippen LogP contribution in [0.25, 0.3) is 11.1 Å². The Balaban J connectivity index is 1.89. The van der Waals surface area contributed by atoms with Crippen molar-refractivity contribution in [2.45, 2.75) is 50.6 Å². The zero-order valence-corrected chi connectivity index (χ0v) is 18.4. The second-order valence-electron chi connectivity index (χ2n) is 7.52. The minimum absolute atomic E-state index is 0.0190. The molecule has 0 saturated heterocycles. The summed E-state index contributed by atoms with van der Waals surface area (Å²) in [7, 11) is -2.40. The molecule has 0 saturated carbocycles. The number of benzene rings is 2. The largest absolute Gasteiger partial charge is 0.485 e. The van der Waals surface area contributed by atoms with Crippen molar-refractivity contribution in [3.8, 4) is 22.6 Å². The van der Waals surface area contributed by atoms with Crippen LogP contribution in [0.3, 0.4) is 0 Å². The van der Waals surface area contributed by atoms with Crippen molar-refractivity contribution in [3.05, 3.63) is 47.5 Å². The zero-order valence-electron chi connectivity index (χ0n) is 17.6. The van der Waals surface area contributed by atoms with Crippen molar-refractivity contribution < 1.29 is 36.2 Å². The summed E-state index contributed by atoms with van der Waals surface area (Å²) in [6.45, 7) is -3.00. The van der Waals surface area contributed by atoms with Crippen molar-refractivity contribution in [2.75, 3.05) is 7.11 Å². The molecule has 1 aliphatic heterocycles. The number of hydrogen-bond donors (Lipinski definition) is 1. The Kier molecular flexibility index (Phi) is 7.68. The van der Waals surface area contributed by atoms with Gasteiger partial charge in [0.2, 0.25) is 10.0 Å². The zero-order chi connectivity index (χ0) is 23.3. The predicted octanol–water partition coefficient (Wildman–Crippen LogP) is 4.30. The first kappa shape index (κ1) is 23.9. The minimum atomic E-state index is -3.75. The number of unbranched alkanes of at least 4 members (excludes halogenated alkanes) is 2. The molecule has 174 valence electrons. The SMILES string of the molecule is COC(=O)CCCCCC1Oc2cccc(OC(F)F)c2-c2ccc(CS(N)(=O)=O)cc21. The third kappa shape index (κ3) is 6.17. The van der Waals surface area contributed by atoms with Gasteiger partial charge in [-0.25, -0.2) is 13.6 Å². The topological polar surface area (TPSA) is 105 Å². The summed E-state index contributed by atoms with van der Waals surface area (Å²) in [5, 5.41) is 5.18. The molecule has 10 heteroatoms. The van der Waals surface area contributed by atoms with Gasteiger partial charge in [0.1, 0.15) is 17.6 Å². The maximum absolute atomic E-state index is 12.9. The standard InChI is InChI=1S/C22H25F2NO6S/c1-29-20(26)9-4-2-3-6-17-16-12-14(13-32(25,27)28)10-11-15(16)21-18(30-17)7-5-8-19(21)31-22(23)24/h5,7-8,10-12,17,22H,2-4,6,9,13H2,1H3,(H2,25,27,28). The monoisotopic (exact) mass is 469 g/mol. The molecule has 32 heavy (non-hydrogen) atoms. The lowest BCUT2D eigenvalue weighted by Crippen LogP contribution is -2.18. The van der Waals surface area contributed by atoms with Gasteiger partial charge in [0.15, 0.2) is 0 Å². The second kappa shape index (κ2) is 10.3. The molecule has 0 spiro atoms. The van der Waals surface area contributed by atoms with Gasteiger partial charge in [-0.15, -0.1) is 0 Å². The van der Waals surface area contributed by atoms with E-state index in [2.05, 4.69) is 9.47 Å². The van der Waals surface area contributed by atoms with Gasteiger partial charge >= 0.3 is 12.6 Å². The number of alkyl halides is 2. The molecule has 2 aromatic carbocycles. The van der Waals surface area contributed by atoms with Crippen LogP contribution >= 0.6 is 0 Å².